The van der Waals surface area contributed by atoms with E-state index >= 15 is 0 Å². The standard InChI is InChI=1S/C36H28BN/c37-33-13-7-12-32(26-33)31-18-24-36(25-19-31)38(34-20-14-29(15-21-34)27-8-3-1-4-9-27)35-22-16-30(17-23-35)28-10-5-2-6-11-28/h1-26H,37H2. The molecule has 0 bridgehead atoms. The zero-order chi connectivity index (χ0) is 25.7. The molecule has 0 saturated carbocycles. The number of hydrogen-bond donors (Lipinski definition) is 0. The SMILES string of the molecule is Bc1cccc(-c2ccc(N(c3ccc(-c4ccccc4)cc3)c3ccc(-c4ccccc4)cc3)cc2)c1. The lowest BCUT2D eigenvalue weighted by Gasteiger charge is -2.26. The van der Waals surface area contributed by atoms with Crippen LogP contribution in [0.2, 0.25) is 0 Å². The Balaban J connectivity index is 1.38. The summed E-state index contributed by atoms with van der Waals surface area (Å²) in [5.74, 6) is 0. The van der Waals surface area contributed by atoms with E-state index in [9.17, 15) is 0 Å². The number of rotatable bonds is 6. The topological polar surface area (TPSA) is 3.24 Å². The summed E-state index contributed by atoms with van der Waals surface area (Å²) in [4.78, 5) is 2.32. The van der Waals surface area contributed by atoms with Gasteiger partial charge in [-0.05, 0) is 69.8 Å². The molecule has 0 N–H and O–H groups in total. The van der Waals surface area contributed by atoms with Crippen molar-refractivity contribution in [3.05, 3.63) is 158 Å². The van der Waals surface area contributed by atoms with Crippen LogP contribution in [0.1, 0.15) is 0 Å². The van der Waals surface area contributed by atoms with Gasteiger partial charge in [0.2, 0.25) is 0 Å². The molecule has 6 rings (SSSR count). The Morgan fingerprint density at radius 3 is 1.05 bits per heavy atom. The van der Waals surface area contributed by atoms with Crippen molar-refractivity contribution in [3.8, 4) is 33.4 Å². The van der Waals surface area contributed by atoms with Gasteiger partial charge in [-0.1, -0.05) is 127 Å². The Kier molecular flexibility index (Phi) is 6.61. The van der Waals surface area contributed by atoms with Gasteiger partial charge < -0.3 is 4.90 Å². The summed E-state index contributed by atoms with van der Waals surface area (Å²) < 4.78 is 0. The van der Waals surface area contributed by atoms with Crippen LogP contribution in [0.25, 0.3) is 33.4 Å². The van der Waals surface area contributed by atoms with Crippen molar-refractivity contribution in [1.29, 1.82) is 0 Å². The van der Waals surface area contributed by atoms with Crippen molar-refractivity contribution in [1.82, 2.24) is 0 Å². The molecule has 6 aromatic carbocycles. The molecule has 2 heteroatoms. The van der Waals surface area contributed by atoms with Crippen molar-refractivity contribution in [2.24, 2.45) is 0 Å². The third-order valence-corrected chi connectivity index (χ3v) is 6.94. The van der Waals surface area contributed by atoms with E-state index < -0.39 is 0 Å². The largest absolute Gasteiger partial charge is 0.311 e. The first kappa shape index (κ1) is 23.6. The van der Waals surface area contributed by atoms with E-state index in [4.69, 9.17) is 0 Å². The molecule has 0 amide bonds. The highest BCUT2D eigenvalue weighted by Crippen LogP contribution is 2.37. The molecule has 0 aliphatic heterocycles. The van der Waals surface area contributed by atoms with Crippen LogP contribution in [0.15, 0.2) is 158 Å². The van der Waals surface area contributed by atoms with E-state index in [2.05, 4.69) is 170 Å². The summed E-state index contributed by atoms with van der Waals surface area (Å²) >= 11 is 0. The second kappa shape index (κ2) is 10.7. The first-order valence-corrected chi connectivity index (χ1v) is 13.0. The summed E-state index contributed by atoms with van der Waals surface area (Å²) in [6.45, 7) is 0. The van der Waals surface area contributed by atoms with E-state index in [0.29, 0.717) is 0 Å². The predicted molar refractivity (Wildman–Crippen MR) is 166 cm³/mol. The second-order valence-electron chi connectivity index (χ2n) is 9.58. The molecule has 0 aliphatic carbocycles. The first-order chi connectivity index (χ1) is 18.7. The van der Waals surface area contributed by atoms with Crippen molar-refractivity contribution in [3.63, 3.8) is 0 Å². The molecule has 1 nitrogen and oxygen atoms in total. The fourth-order valence-corrected chi connectivity index (χ4v) is 4.94. The number of anilines is 3. The maximum Gasteiger partial charge on any atom is 0.139 e. The molecule has 0 heterocycles. The Bertz CT molecular complexity index is 1540. The van der Waals surface area contributed by atoms with Crippen LogP contribution >= 0.6 is 0 Å². The van der Waals surface area contributed by atoms with E-state index in [1.807, 2.05) is 0 Å². The van der Waals surface area contributed by atoms with Crippen LogP contribution in [-0.4, -0.2) is 7.85 Å². The minimum atomic E-state index is 1.13. The van der Waals surface area contributed by atoms with E-state index in [0.717, 1.165) is 17.1 Å². The quantitative estimate of drug-likeness (QED) is 0.214. The normalized spacial score (nSPS) is 10.7. The molecule has 6 aromatic rings. The Labute approximate surface area is 226 Å². The molecule has 0 unspecified atom stereocenters. The minimum Gasteiger partial charge on any atom is -0.311 e. The number of nitrogens with zero attached hydrogens (tertiary/aromatic N) is 1. The molecule has 0 aliphatic rings. The molecule has 0 aromatic heterocycles. The fourth-order valence-electron chi connectivity index (χ4n) is 4.94. The van der Waals surface area contributed by atoms with Gasteiger partial charge in [0.1, 0.15) is 7.85 Å². The summed E-state index contributed by atoms with van der Waals surface area (Å²) in [6.07, 6.45) is 0. The minimum absolute atomic E-state index is 1.13. The molecule has 0 radical (unpaired) electrons. The van der Waals surface area contributed by atoms with Crippen molar-refractivity contribution in [2.45, 2.75) is 0 Å². The molecule has 180 valence electrons. The number of benzene rings is 6. The van der Waals surface area contributed by atoms with Gasteiger partial charge in [-0.3, -0.25) is 0 Å². The summed E-state index contributed by atoms with van der Waals surface area (Å²) in [5.41, 5.74) is 12.0. The highest BCUT2D eigenvalue weighted by Gasteiger charge is 2.13. The Hall–Kier alpha value is -4.82. The zero-order valence-corrected chi connectivity index (χ0v) is 21.5. The van der Waals surface area contributed by atoms with E-state index in [1.165, 1.54) is 38.8 Å². The lowest BCUT2D eigenvalue weighted by Crippen LogP contribution is -2.09. The summed E-state index contributed by atoms with van der Waals surface area (Å²) in [7, 11) is 2.14. The lowest BCUT2D eigenvalue weighted by molar-refractivity contribution is 1.28. The third kappa shape index (κ3) is 5.03. The van der Waals surface area contributed by atoms with Crippen LogP contribution in [0.4, 0.5) is 17.1 Å². The van der Waals surface area contributed by atoms with Gasteiger partial charge in [0.05, 0.1) is 0 Å². The molecular formula is C36H28BN. The van der Waals surface area contributed by atoms with E-state index in [-0.39, 0.29) is 0 Å². The Morgan fingerprint density at radius 1 is 0.316 bits per heavy atom. The van der Waals surface area contributed by atoms with Gasteiger partial charge in [0, 0.05) is 17.1 Å². The van der Waals surface area contributed by atoms with Gasteiger partial charge in [-0.25, -0.2) is 0 Å². The van der Waals surface area contributed by atoms with Crippen molar-refractivity contribution < 1.29 is 0 Å². The lowest BCUT2D eigenvalue weighted by atomic mass is 9.92. The van der Waals surface area contributed by atoms with Crippen LogP contribution in [-0.2, 0) is 0 Å². The van der Waals surface area contributed by atoms with Crippen LogP contribution in [0, 0.1) is 0 Å². The average Bonchev–Trinajstić information content (AvgIpc) is 2.99. The highest BCUT2D eigenvalue weighted by atomic mass is 15.1. The average molecular weight is 485 g/mol. The highest BCUT2D eigenvalue weighted by molar-refractivity contribution is 6.32. The molecular weight excluding hydrogens is 457 g/mol. The molecule has 0 fully saturated rings. The fraction of sp³-hybridized carbons (Fsp3) is 0. The first-order valence-electron chi connectivity index (χ1n) is 13.0. The summed E-state index contributed by atoms with van der Waals surface area (Å²) in [5, 5.41) is 0. The predicted octanol–water partition coefficient (Wildman–Crippen LogP) is 8.42. The van der Waals surface area contributed by atoms with Crippen LogP contribution in [0.5, 0.6) is 0 Å². The van der Waals surface area contributed by atoms with Crippen molar-refractivity contribution >= 4 is 30.4 Å². The van der Waals surface area contributed by atoms with Gasteiger partial charge >= 0.3 is 0 Å². The molecule has 0 spiro atoms. The van der Waals surface area contributed by atoms with Crippen LogP contribution < -0.4 is 10.4 Å². The van der Waals surface area contributed by atoms with Gasteiger partial charge in [0.15, 0.2) is 0 Å². The molecule has 0 atom stereocenters. The Morgan fingerprint density at radius 2 is 0.658 bits per heavy atom. The van der Waals surface area contributed by atoms with Gasteiger partial charge in [-0.2, -0.15) is 0 Å². The molecule has 38 heavy (non-hydrogen) atoms. The monoisotopic (exact) mass is 485 g/mol. The van der Waals surface area contributed by atoms with Crippen molar-refractivity contribution in [2.75, 3.05) is 4.90 Å². The smallest absolute Gasteiger partial charge is 0.139 e. The zero-order valence-electron chi connectivity index (χ0n) is 21.5. The van der Waals surface area contributed by atoms with Crippen LogP contribution in [0.3, 0.4) is 0 Å². The second-order valence-corrected chi connectivity index (χ2v) is 9.58. The third-order valence-electron chi connectivity index (χ3n) is 6.94. The number of hydrogen-bond acceptors (Lipinski definition) is 1. The van der Waals surface area contributed by atoms with Gasteiger partial charge in [-0.15, -0.1) is 0 Å². The van der Waals surface area contributed by atoms with Gasteiger partial charge in [0.25, 0.3) is 0 Å². The molecule has 0 saturated heterocycles. The maximum absolute atomic E-state index is 2.32. The summed E-state index contributed by atoms with van der Waals surface area (Å²) in [6, 6.07) is 56.2. The van der Waals surface area contributed by atoms with E-state index in [1.54, 1.807) is 0 Å². The maximum atomic E-state index is 2.32.